The fraction of sp³-hybridized carbons (Fsp3) is 0.245. The van der Waals surface area contributed by atoms with Gasteiger partial charge in [-0.15, -0.1) is 0 Å². The fourth-order valence-corrected chi connectivity index (χ4v) is 11.7. The molecule has 4 fully saturated rings. The summed E-state index contributed by atoms with van der Waals surface area (Å²) >= 11 is 0. The van der Waals surface area contributed by atoms with Gasteiger partial charge >= 0.3 is 0 Å². The largest absolute Gasteiger partial charge is 0.310 e. The molecule has 0 radical (unpaired) electrons. The van der Waals surface area contributed by atoms with Gasteiger partial charge in [0.1, 0.15) is 0 Å². The second-order valence-electron chi connectivity index (χ2n) is 17.7. The van der Waals surface area contributed by atoms with E-state index in [9.17, 15) is 0 Å². The summed E-state index contributed by atoms with van der Waals surface area (Å²) in [6, 6.07) is 59.5. The normalized spacial score (nSPS) is 23.0. The van der Waals surface area contributed by atoms with E-state index in [1.807, 2.05) is 0 Å². The lowest BCUT2D eigenvalue weighted by atomic mass is 9.48. The SMILES string of the molecule is CC1(C)c2ccccc2-c2ccc(N(c3ccc(-c4ccc(C56CC7CC(CC(C7)C5)C6)cc4)cc3)c3ccc(-c4ccc5ccccc5c4)cc3)cc21. The number of fused-ring (bicyclic) bond motifs is 4. The van der Waals surface area contributed by atoms with E-state index in [0.717, 1.165) is 29.1 Å². The van der Waals surface area contributed by atoms with Crippen LogP contribution >= 0.6 is 0 Å². The second-order valence-corrected chi connectivity index (χ2v) is 17.7. The third-order valence-corrected chi connectivity index (χ3v) is 14.0. The number of hydrogen-bond acceptors (Lipinski definition) is 1. The molecule has 12 rings (SSSR count). The minimum Gasteiger partial charge on any atom is -0.310 e. The summed E-state index contributed by atoms with van der Waals surface area (Å²) in [7, 11) is 0. The molecule has 264 valence electrons. The maximum atomic E-state index is 2.48. The zero-order chi connectivity index (χ0) is 36.0. The van der Waals surface area contributed by atoms with Crippen molar-refractivity contribution in [1.82, 2.24) is 0 Å². The Hall–Kier alpha value is -5.40. The van der Waals surface area contributed by atoms with Gasteiger partial charge in [0.2, 0.25) is 0 Å². The van der Waals surface area contributed by atoms with Crippen molar-refractivity contribution < 1.29 is 0 Å². The Balaban J connectivity index is 0.947. The van der Waals surface area contributed by atoms with Crippen molar-refractivity contribution in [2.45, 2.75) is 63.2 Å². The minimum absolute atomic E-state index is 0.0697. The maximum Gasteiger partial charge on any atom is 0.0465 e. The second kappa shape index (κ2) is 12.1. The maximum absolute atomic E-state index is 2.48. The lowest BCUT2D eigenvalue weighted by Gasteiger charge is -2.57. The van der Waals surface area contributed by atoms with Crippen LogP contribution in [0.4, 0.5) is 17.1 Å². The molecule has 7 aromatic carbocycles. The number of anilines is 3. The molecule has 0 saturated heterocycles. The van der Waals surface area contributed by atoms with Crippen LogP contribution in [-0.2, 0) is 10.8 Å². The van der Waals surface area contributed by atoms with Crippen LogP contribution in [0.1, 0.15) is 69.1 Å². The Labute approximate surface area is 320 Å². The van der Waals surface area contributed by atoms with Crippen molar-refractivity contribution in [3.05, 3.63) is 174 Å². The molecule has 0 amide bonds. The zero-order valence-corrected chi connectivity index (χ0v) is 31.4. The van der Waals surface area contributed by atoms with Crippen LogP contribution in [0.3, 0.4) is 0 Å². The van der Waals surface area contributed by atoms with Crippen molar-refractivity contribution in [3.63, 3.8) is 0 Å². The molecule has 0 atom stereocenters. The van der Waals surface area contributed by atoms with E-state index >= 15 is 0 Å². The van der Waals surface area contributed by atoms with Crippen LogP contribution in [0.2, 0.25) is 0 Å². The lowest BCUT2D eigenvalue weighted by molar-refractivity contribution is -0.00518. The summed E-state index contributed by atoms with van der Waals surface area (Å²) in [6.45, 7) is 4.74. The van der Waals surface area contributed by atoms with Gasteiger partial charge in [0, 0.05) is 22.5 Å². The van der Waals surface area contributed by atoms with E-state index in [1.165, 1.54) is 99.5 Å². The predicted octanol–water partition coefficient (Wildman–Crippen LogP) is 14.4. The summed E-state index contributed by atoms with van der Waals surface area (Å²) < 4.78 is 0. The van der Waals surface area contributed by atoms with Crippen molar-refractivity contribution in [2.75, 3.05) is 4.90 Å². The molecule has 0 aromatic heterocycles. The summed E-state index contributed by atoms with van der Waals surface area (Å²) in [4.78, 5) is 2.43. The van der Waals surface area contributed by atoms with Gasteiger partial charge in [-0.1, -0.05) is 129 Å². The van der Waals surface area contributed by atoms with Crippen LogP contribution in [0.25, 0.3) is 44.2 Å². The molecule has 5 aliphatic carbocycles. The van der Waals surface area contributed by atoms with E-state index in [-0.39, 0.29) is 5.41 Å². The van der Waals surface area contributed by atoms with Crippen molar-refractivity contribution in [1.29, 1.82) is 0 Å². The molecule has 1 nitrogen and oxygen atoms in total. The molecular weight excluding hydrogens is 651 g/mol. The number of benzene rings is 7. The first-order chi connectivity index (χ1) is 26.4. The summed E-state index contributed by atoms with van der Waals surface area (Å²) in [6.07, 6.45) is 8.72. The van der Waals surface area contributed by atoms with Gasteiger partial charge in [-0.3, -0.25) is 0 Å². The molecule has 0 unspecified atom stereocenters. The van der Waals surface area contributed by atoms with Gasteiger partial charge in [-0.25, -0.2) is 0 Å². The summed E-state index contributed by atoms with van der Waals surface area (Å²) in [5.41, 5.74) is 16.0. The Kier molecular flexibility index (Phi) is 7.16. The van der Waals surface area contributed by atoms with Gasteiger partial charge in [0.25, 0.3) is 0 Å². The molecule has 7 aromatic rings. The highest BCUT2D eigenvalue weighted by atomic mass is 15.1. The van der Waals surface area contributed by atoms with Gasteiger partial charge < -0.3 is 4.90 Å². The van der Waals surface area contributed by atoms with Crippen LogP contribution in [0, 0.1) is 17.8 Å². The lowest BCUT2D eigenvalue weighted by Crippen LogP contribution is -2.48. The first kappa shape index (κ1) is 32.1. The standard InChI is InChI=1S/C53H47N/c1-52(2)50-10-6-5-9-48(50)49-26-25-47(31-51(49)52)54(46-23-17-41(18-24-46)43-12-11-38-7-3-4-8-42(38)30-43)45-21-15-40(16-22-45)39-13-19-44(20-14-39)53-32-35-27-36(33-53)29-37(28-35)34-53/h3-26,30-31,35-37H,27-29,32-34H2,1-2H3. The topological polar surface area (TPSA) is 3.24 Å². The van der Waals surface area contributed by atoms with Crippen molar-refractivity contribution in [2.24, 2.45) is 17.8 Å². The summed E-state index contributed by atoms with van der Waals surface area (Å²) in [5, 5.41) is 2.54. The summed E-state index contributed by atoms with van der Waals surface area (Å²) in [5.74, 6) is 2.90. The van der Waals surface area contributed by atoms with E-state index < -0.39 is 0 Å². The number of hydrogen-bond donors (Lipinski definition) is 0. The molecular formula is C53H47N. The van der Waals surface area contributed by atoms with Crippen LogP contribution < -0.4 is 4.90 Å². The highest BCUT2D eigenvalue weighted by Crippen LogP contribution is 2.61. The first-order valence-electron chi connectivity index (χ1n) is 20.3. The van der Waals surface area contributed by atoms with E-state index in [4.69, 9.17) is 0 Å². The first-order valence-corrected chi connectivity index (χ1v) is 20.3. The third-order valence-electron chi connectivity index (χ3n) is 14.0. The van der Waals surface area contributed by atoms with Crippen LogP contribution in [0.5, 0.6) is 0 Å². The van der Waals surface area contributed by atoms with Crippen molar-refractivity contribution >= 4 is 27.8 Å². The Morgan fingerprint density at radius 1 is 0.426 bits per heavy atom. The molecule has 5 aliphatic rings. The van der Waals surface area contributed by atoms with Gasteiger partial charge in [-0.05, 0) is 165 Å². The molecule has 0 heterocycles. The molecule has 0 N–H and O–H groups in total. The van der Waals surface area contributed by atoms with Gasteiger partial charge in [0.05, 0.1) is 0 Å². The smallest absolute Gasteiger partial charge is 0.0465 e. The Bertz CT molecular complexity index is 2500. The highest BCUT2D eigenvalue weighted by Gasteiger charge is 2.51. The van der Waals surface area contributed by atoms with E-state index in [0.29, 0.717) is 5.41 Å². The number of nitrogens with zero attached hydrogens (tertiary/aromatic N) is 1. The molecule has 54 heavy (non-hydrogen) atoms. The molecule has 1 heteroatoms. The van der Waals surface area contributed by atoms with Gasteiger partial charge in [0.15, 0.2) is 0 Å². The number of rotatable bonds is 6. The Morgan fingerprint density at radius 2 is 0.926 bits per heavy atom. The highest BCUT2D eigenvalue weighted by molar-refractivity contribution is 5.89. The molecule has 4 saturated carbocycles. The van der Waals surface area contributed by atoms with Crippen LogP contribution in [0.15, 0.2) is 158 Å². The minimum atomic E-state index is -0.0697. The average molecular weight is 698 g/mol. The monoisotopic (exact) mass is 697 g/mol. The average Bonchev–Trinajstić information content (AvgIpc) is 3.43. The fourth-order valence-electron chi connectivity index (χ4n) is 11.7. The predicted molar refractivity (Wildman–Crippen MR) is 227 cm³/mol. The van der Waals surface area contributed by atoms with E-state index in [1.54, 1.807) is 5.56 Å². The molecule has 0 aliphatic heterocycles. The molecule has 4 bridgehead atoms. The molecule has 0 spiro atoms. The van der Waals surface area contributed by atoms with Crippen LogP contribution in [-0.4, -0.2) is 0 Å². The zero-order valence-electron chi connectivity index (χ0n) is 31.4. The quantitative estimate of drug-likeness (QED) is 0.167. The Morgan fingerprint density at radius 3 is 1.57 bits per heavy atom. The van der Waals surface area contributed by atoms with Crippen molar-refractivity contribution in [3.8, 4) is 33.4 Å². The third kappa shape index (κ3) is 5.12. The van der Waals surface area contributed by atoms with E-state index in [2.05, 4.69) is 176 Å². The van der Waals surface area contributed by atoms with Gasteiger partial charge in [-0.2, -0.15) is 0 Å².